The van der Waals surface area contributed by atoms with Crippen molar-refractivity contribution < 1.29 is 14.3 Å². The summed E-state index contributed by atoms with van der Waals surface area (Å²) in [5.41, 5.74) is 2.17. The number of aryl methyl sites for hydroxylation is 1. The predicted molar refractivity (Wildman–Crippen MR) is 94.4 cm³/mol. The highest BCUT2D eigenvalue weighted by molar-refractivity contribution is 5.91. The van der Waals surface area contributed by atoms with Crippen molar-refractivity contribution in [3.8, 4) is 11.5 Å². The van der Waals surface area contributed by atoms with Crippen molar-refractivity contribution in [3.63, 3.8) is 0 Å². The summed E-state index contributed by atoms with van der Waals surface area (Å²) in [4.78, 5) is 20.3. The summed E-state index contributed by atoms with van der Waals surface area (Å²) < 4.78 is 10.4. The summed E-state index contributed by atoms with van der Waals surface area (Å²) in [6.45, 7) is 1.90. The van der Waals surface area contributed by atoms with Crippen LogP contribution in [0.5, 0.6) is 11.5 Å². The number of methoxy groups -OCH3 is 1. The standard InChI is InChI=1S/C19H17N3O3/c1-13-11-18(21-12-20-13)22-15-5-9-17(10-6-15)25-19(23)14-3-7-16(24-2)8-4-14/h3-12H,1-2H3,(H,20,21,22). The maximum Gasteiger partial charge on any atom is 0.343 e. The maximum atomic E-state index is 12.1. The third-order valence-corrected chi connectivity index (χ3v) is 3.47. The first kappa shape index (κ1) is 16.4. The topological polar surface area (TPSA) is 73.3 Å². The second kappa shape index (κ2) is 7.44. The predicted octanol–water partition coefficient (Wildman–Crippen LogP) is 3.76. The van der Waals surface area contributed by atoms with Crippen LogP contribution in [0.25, 0.3) is 0 Å². The molecule has 3 rings (SSSR count). The van der Waals surface area contributed by atoms with Crippen LogP contribution in [0.4, 0.5) is 11.5 Å². The molecule has 1 N–H and O–H groups in total. The van der Waals surface area contributed by atoms with Crippen LogP contribution in [0, 0.1) is 6.92 Å². The van der Waals surface area contributed by atoms with Crippen molar-refractivity contribution in [2.24, 2.45) is 0 Å². The molecule has 0 spiro atoms. The Bertz CT molecular complexity index is 862. The van der Waals surface area contributed by atoms with Crippen molar-refractivity contribution in [1.82, 2.24) is 9.97 Å². The summed E-state index contributed by atoms with van der Waals surface area (Å²) >= 11 is 0. The number of anilines is 2. The zero-order chi connectivity index (χ0) is 17.6. The number of carbonyl (C=O) groups excluding carboxylic acids is 1. The summed E-state index contributed by atoms with van der Waals surface area (Å²) in [7, 11) is 1.58. The molecule has 25 heavy (non-hydrogen) atoms. The average Bonchev–Trinajstić information content (AvgIpc) is 2.63. The average molecular weight is 335 g/mol. The third-order valence-electron chi connectivity index (χ3n) is 3.47. The van der Waals surface area contributed by atoms with Crippen LogP contribution in [0.2, 0.25) is 0 Å². The largest absolute Gasteiger partial charge is 0.497 e. The van der Waals surface area contributed by atoms with Crippen LogP contribution in [0.3, 0.4) is 0 Å². The Kier molecular flexibility index (Phi) is 4.89. The Labute approximate surface area is 145 Å². The first-order valence-corrected chi connectivity index (χ1v) is 7.66. The quantitative estimate of drug-likeness (QED) is 0.565. The monoisotopic (exact) mass is 335 g/mol. The normalized spacial score (nSPS) is 10.2. The molecule has 1 heterocycles. The molecule has 6 nitrogen and oxygen atoms in total. The van der Waals surface area contributed by atoms with Crippen molar-refractivity contribution in [3.05, 3.63) is 72.2 Å². The van der Waals surface area contributed by atoms with Gasteiger partial charge >= 0.3 is 5.97 Å². The molecule has 0 radical (unpaired) electrons. The lowest BCUT2D eigenvalue weighted by Gasteiger charge is -2.08. The lowest BCUT2D eigenvalue weighted by Crippen LogP contribution is -2.08. The van der Waals surface area contributed by atoms with E-state index in [1.165, 1.54) is 6.33 Å². The molecule has 0 amide bonds. The Balaban J connectivity index is 1.64. The highest BCUT2D eigenvalue weighted by Crippen LogP contribution is 2.20. The molecule has 0 saturated carbocycles. The van der Waals surface area contributed by atoms with Gasteiger partial charge in [-0.1, -0.05) is 0 Å². The summed E-state index contributed by atoms with van der Waals surface area (Å²) in [6.07, 6.45) is 1.50. The summed E-state index contributed by atoms with van der Waals surface area (Å²) in [5, 5.41) is 3.16. The van der Waals surface area contributed by atoms with E-state index in [1.54, 1.807) is 43.5 Å². The second-order valence-corrected chi connectivity index (χ2v) is 5.31. The minimum absolute atomic E-state index is 0.421. The highest BCUT2D eigenvalue weighted by atomic mass is 16.5. The van der Waals surface area contributed by atoms with Gasteiger partial charge in [0.2, 0.25) is 0 Å². The first-order chi connectivity index (χ1) is 12.1. The SMILES string of the molecule is COc1ccc(C(=O)Oc2ccc(Nc3cc(C)ncn3)cc2)cc1. The van der Waals surface area contributed by atoms with Gasteiger partial charge < -0.3 is 14.8 Å². The zero-order valence-electron chi connectivity index (χ0n) is 13.9. The molecular formula is C19H17N3O3. The van der Waals surface area contributed by atoms with Gasteiger partial charge in [-0.3, -0.25) is 0 Å². The number of benzene rings is 2. The van der Waals surface area contributed by atoms with Crippen LogP contribution in [0.15, 0.2) is 60.9 Å². The van der Waals surface area contributed by atoms with Gasteiger partial charge in [0.25, 0.3) is 0 Å². The van der Waals surface area contributed by atoms with Crippen LogP contribution >= 0.6 is 0 Å². The van der Waals surface area contributed by atoms with Gasteiger partial charge in [0, 0.05) is 17.4 Å². The number of aromatic nitrogens is 2. The molecule has 3 aromatic rings. The van der Waals surface area contributed by atoms with E-state index >= 15 is 0 Å². The molecule has 0 aliphatic carbocycles. The first-order valence-electron chi connectivity index (χ1n) is 7.66. The van der Waals surface area contributed by atoms with Gasteiger partial charge in [-0.05, 0) is 55.5 Å². The van der Waals surface area contributed by atoms with Gasteiger partial charge in [0.05, 0.1) is 12.7 Å². The number of nitrogens with one attached hydrogen (secondary N) is 1. The van der Waals surface area contributed by atoms with E-state index in [0.29, 0.717) is 22.9 Å². The zero-order valence-corrected chi connectivity index (χ0v) is 13.9. The molecule has 0 aliphatic heterocycles. The van der Waals surface area contributed by atoms with E-state index in [1.807, 2.05) is 25.1 Å². The molecule has 0 atom stereocenters. The van der Waals surface area contributed by atoms with Crippen molar-refractivity contribution in [1.29, 1.82) is 0 Å². The molecule has 2 aromatic carbocycles. The van der Waals surface area contributed by atoms with Gasteiger partial charge in [-0.15, -0.1) is 0 Å². The van der Waals surface area contributed by atoms with Crippen molar-refractivity contribution in [2.75, 3.05) is 12.4 Å². The Morgan fingerprint density at radius 3 is 2.28 bits per heavy atom. The number of esters is 1. The maximum absolute atomic E-state index is 12.1. The molecular weight excluding hydrogens is 318 g/mol. The fourth-order valence-corrected chi connectivity index (χ4v) is 2.17. The van der Waals surface area contributed by atoms with Crippen LogP contribution in [-0.4, -0.2) is 23.0 Å². The fraction of sp³-hybridized carbons (Fsp3) is 0.105. The Morgan fingerprint density at radius 2 is 1.64 bits per heavy atom. The number of rotatable bonds is 5. The number of hydrogen-bond acceptors (Lipinski definition) is 6. The van der Waals surface area contributed by atoms with E-state index < -0.39 is 5.97 Å². The minimum atomic E-state index is -0.421. The second-order valence-electron chi connectivity index (χ2n) is 5.31. The molecule has 1 aromatic heterocycles. The van der Waals surface area contributed by atoms with Crippen molar-refractivity contribution >= 4 is 17.5 Å². The smallest absolute Gasteiger partial charge is 0.343 e. The van der Waals surface area contributed by atoms with Gasteiger partial charge in [0.1, 0.15) is 23.6 Å². The number of nitrogens with zero attached hydrogens (tertiary/aromatic N) is 2. The highest BCUT2D eigenvalue weighted by Gasteiger charge is 2.09. The molecule has 0 aliphatic rings. The summed E-state index contributed by atoms with van der Waals surface area (Å²) in [6, 6.07) is 15.7. The molecule has 126 valence electrons. The molecule has 0 unspecified atom stereocenters. The molecule has 0 saturated heterocycles. The van der Waals surface area contributed by atoms with E-state index in [2.05, 4.69) is 15.3 Å². The summed E-state index contributed by atoms with van der Waals surface area (Å²) in [5.74, 6) is 1.43. The molecule has 0 bridgehead atoms. The molecule has 0 fully saturated rings. The van der Waals surface area contributed by atoms with E-state index in [0.717, 1.165) is 11.4 Å². The minimum Gasteiger partial charge on any atom is -0.497 e. The van der Waals surface area contributed by atoms with Crippen LogP contribution < -0.4 is 14.8 Å². The lowest BCUT2D eigenvalue weighted by molar-refractivity contribution is 0.0735. The van der Waals surface area contributed by atoms with E-state index in [9.17, 15) is 4.79 Å². The third kappa shape index (κ3) is 4.32. The Morgan fingerprint density at radius 1 is 0.960 bits per heavy atom. The number of carbonyl (C=O) groups is 1. The van der Waals surface area contributed by atoms with E-state index in [-0.39, 0.29) is 0 Å². The fourth-order valence-electron chi connectivity index (χ4n) is 2.17. The van der Waals surface area contributed by atoms with Crippen LogP contribution in [0.1, 0.15) is 16.1 Å². The molecule has 6 heteroatoms. The lowest BCUT2D eigenvalue weighted by atomic mass is 10.2. The van der Waals surface area contributed by atoms with Gasteiger partial charge in [-0.25, -0.2) is 14.8 Å². The van der Waals surface area contributed by atoms with Gasteiger partial charge in [0.15, 0.2) is 0 Å². The van der Waals surface area contributed by atoms with Gasteiger partial charge in [-0.2, -0.15) is 0 Å². The number of ether oxygens (including phenoxy) is 2. The van der Waals surface area contributed by atoms with Crippen molar-refractivity contribution in [2.45, 2.75) is 6.92 Å². The Hall–Kier alpha value is -3.41. The van der Waals surface area contributed by atoms with E-state index in [4.69, 9.17) is 9.47 Å². The number of hydrogen-bond donors (Lipinski definition) is 1. The van der Waals surface area contributed by atoms with Crippen LogP contribution in [-0.2, 0) is 0 Å².